The predicted octanol–water partition coefficient (Wildman–Crippen LogP) is 3.21. The topological polar surface area (TPSA) is 70.5 Å². The van der Waals surface area contributed by atoms with Crippen LogP contribution in [-0.2, 0) is 0 Å². The van der Waals surface area contributed by atoms with Crippen LogP contribution in [0.1, 0.15) is 31.9 Å². The monoisotopic (exact) mass is 274 g/mol. The van der Waals surface area contributed by atoms with Gasteiger partial charge in [0.1, 0.15) is 19.0 Å². The van der Waals surface area contributed by atoms with E-state index in [1.165, 1.54) is 0 Å². The Bertz CT molecular complexity index is 622. The van der Waals surface area contributed by atoms with Crippen molar-refractivity contribution in [2.24, 2.45) is 0 Å². The number of hydrogen-bond donors (Lipinski definition) is 1. The van der Waals surface area contributed by atoms with Gasteiger partial charge in [-0.3, -0.25) is 0 Å². The predicted molar refractivity (Wildman–Crippen MR) is 76.0 cm³/mol. The molecule has 3 rings (SSSR count). The largest absolute Gasteiger partial charge is 0.486 e. The number of hydrogen-bond acceptors (Lipinski definition) is 5. The van der Waals surface area contributed by atoms with Crippen molar-refractivity contribution in [3.8, 4) is 22.6 Å². The highest BCUT2D eigenvalue weighted by Gasteiger charge is 2.22. The van der Waals surface area contributed by atoms with E-state index in [2.05, 4.69) is 19.0 Å². The number of nitrogens with two attached hydrogens (primary N) is 1. The lowest BCUT2D eigenvalue weighted by atomic mass is 9.97. The van der Waals surface area contributed by atoms with Crippen molar-refractivity contribution in [2.75, 3.05) is 18.9 Å². The molecule has 0 spiro atoms. The zero-order valence-electron chi connectivity index (χ0n) is 11.7. The first-order valence-corrected chi connectivity index (χ1v) is 6.85. The maximum absolute atomic E-state index is 5.97. The minimum absolute atomic E-state index is 0.267. The molecule has 1 aromatic heterocycles. The molecular formula is C15H18N2O3. The molecule has 1 aliphatic rings. The molecule has 0 aliphatic carbocycles. The highest BCUT2D eigenvalue weighted by atomic mass is 16.6. The summed E-state index contributed by atoms with van der Waals surface area (Å²) in [6, 6.07) is 5.79. The van der Waals surface area contributed by atoms with Crippen molar-refractivity contribution in [1.29, 1.82) is 0 Å². The molecule has 106 valence electrons. The molecule has 1 unspecified atom stereocenters. The number of benzene rings is 1. The molecule has 0 fully saturated rings. The number of aromatic nitrogens is 1. The molecule has 2 heterocycles. The van der Waals surface area contributed by atoms with Crippen molar-refractivity contribution in [1.82, 2.24) is 5.16 Å². The van der Waals surface area contributed by atoms with Crippen molar-refractivity contribution < 1.29 is 14.0 Å². The van der Waals surface area contributed by atoms with Gasteiger partial charge in [0.2, 0.25) is 0 Å². The molecule has 1 atom stereocenters. The maximum atomic E-state index is 5.97. The lowest BCUT2D eigenvalue weighted by Gasteiger charge is -2.19. The van der Waals surface area contributed by atoms with E-state index in [4.69, 9.17) is 19.7 Å². The number of rotatable bonds is 3. The number of nitrogen functional groups attached to an aromatic ring is 1. The molecule has 1 aliphatic heterocycles. The molecule has 0 saturated carbocycles. The zero-order chi connectivity index (χ0) is 14.1. The van der Waals surface area contributed by atoms with Gasteiger partial charge in [0.05, 0.1) is 5.56 Å². The van der Waals surface area contributed by atoms with Crippen LogP contribution in [0.4, 0.5) is 5.82 Å². The van der Waals surface area contributed by atoms with E-state index < -0.39 is 0 Å². The highest BCUT2D eigenvalue weighted by molar-refractivity contribution is 5.77. The number of anilines is 1. The SMILES string of the molecule is CCC(C)c1onc(N)c1-c1ccc2c(c1)OCCO2. The van der Waals surface area contributed by atoms with Crippen molar-refractivity contribution in [3.63, 3.8) is 0 Å². The summed E-state index contributed by atoms with van der Waals surface area (Å²) in [7, 11) is 0. The van der Waals surface area contributed by atoms with Gasteiger partial charge in [-0.2, -0.15) is 0 Å². The summed E-state index contributed by atoms with van der Waals surface area (Å²) in [5.74, 6) is 3.01. The molecule has 0 radical (unpaired) electrons. The minimum atomic E-state index is 0.267. The summed E-state index contributed by atoms with van der Waals surface area (Å²) < 4.78 is 16.5. The maximum Gasteiger partial charge on any atom is 0.175 e. The molecule has 5 nitrogen and oxygen atoms in total. The second-order valence-electron chi connectivity index (χ2n) is 4.97. The van der Waals surface area contributed by atoms with Crippen molar-refractivity contribution in [3.05, 3.63) is 24.0 Å². The molecular weight excluding hydrogens is 256 g/mol. The first-order chi connectivity index (χ1) is 9.70. The van der Waals surface area contributed by atoms with Crippen molar-refractivity contribution in [2.45, 2.75) is 26.2 Å². The summed E-state index contributed by atoms with van der Waals surface area (Å²) in [6.45, 7) is 5.35. The van der Waals surface area contributed by atoms with Crippen LogP contribution in [0, 0.1) is 0 Å². The summed E-state index contributed by atoms with van der Waals surface area (Å²) in [5.41, 5.74) is 7.77. The van der Waals surface area contributed by atoms with Gasteiger partial charge in [-0.25, -0.2) is 0 Å². The Hall–Kier alpha value is -2.17. The molecule has 2 N–H and O–H groups in total. The Morgan fingerprint density at radius 2 is 2.00 bits per heavy atom. The summed E-state index contributed by atoms with van der Waals surface area (Å²) >= 11 is 0. The Balaban J connectivity index is 2.07. The molecule has 0 saturated heterocycles. The first kappa shape index (κ1) is 12.8. The summed E-state index contributed by atoms with van der Waals surface area (Å²) in [6.07, 6.45) is 0.964. The van der Waals surface area contributed by atoms with Crippen LogP contribution in [0.5, 0.6) is 11.5 Å². The van der Waals surface area contributed by atoms with Crippen molar-refractivity contribution >= 4 is 5.82 Å². The number of nitrogens with zero attached hydrogens (tertiary/aromatic N) is 1. The quantitative estimate of drug-likeness (QED) is 0.930. The van der Waals surface area contributed by atoms with Gasteiger partial charge in [-0.15, -0.1) is 0 Å². The van der Waals surface area contributed by atoms with E-state index in [0.29, 0.717) is 19.0 Å². The zero-order valence-corrected chi connectivity index (χ0v) is 11.7. The average Bonchev–Trinajstić information content (AvgIpc) is 2.87. The highest BCUT2D eigenvalue weighted by Crippen LogP contribution is 2.40. The van der Waals surface area contributed by atoms with E-state index >= 15 is 0 Å². The standard InChI is InChI=1S/C15H18N2O3/c1-3-9(2)14-13(15(16)17-20-14)10-4-5-11-12(8-10)19-7-6-18-11/h4-5,8-9H,3,6-7H2,1-2H3,(H2,16,17). The van der Waals surface area contributed by atoms with Gasteiger partial charge >= 0.3 is 0 Å². The van der Waals surface area contributed by atoms with Gasteiger partial charge in [0.15, 0.2) is 17.3 Å². The molecule has 2 aromatic rings. The van der Waals surface area contributed by atoms with Gasteiger partial charge in [-0.1, -0.05) is 25.1 Å². The normalized spacial score (nSPS) is 15.1. The van der Waals surface area contributed by atoms with Gasteiger partial charge < -0.3 is 19.7 Å². The fourth-order valence-corrected chi connectivity index (χ4v) is 2.33. The van der Waals surface area contributed by atoms with Gasteiger partial charge in [0, 0.05) is 5.92 Å². The number of ether oxygens (including phenoxy) is 2. The third-order valence-corrected chi connectivity index (χ3v) is 3.64. The van der Waals surface area contributed by atoms with Gasteiger partial charge in [-0.05, 0) is 24.1 Å². The van der Waals surface area contributed by atoms with Crippen LogP contribution in [-0.4, -0.2) is 18.4 Å². The van der Waals surface area contributed by atoms with Crippen LogP contribution in [0.3, 0.4) is 0 Å². The van der Waals surface area contributed by atoms with Crippen LogP contribution < -0.4 is 15.2 Å². The van der Waals surface area contributed by atoms with Crippen LogP contribution in [0.15, 0.2) is 22.7 Å². The fraction of sp³-hybridized carbons (Fsp3) is 0.400. The Morgan fingerprint density at radius 3 is 2.75 bits per heavy atom. The number of fused-ring (bicyclic) bond motifs is 1. The second-order valence-corrected chi connectivity index (χ2v) is 4.97. The third-order valence-electron chi connectivity index (χ3n) is 3.64. The van der Waals surface area contributed by atoms with E-state index in [0.717, 1.165) is 34.8 Å². The third kappa shape index (κ3) is 2.09. The molecule has 0 bridgehead atoms. The first-order valence-electron chi connectivity index (χ1n) is 6.85. The smallest absolute Gasteiger partial charge is 0.175 e. The van der Waals surface area contributed by atoms with E-state index in [-0.39, 0.29) is 5.92 Å². The van der Waals surface area contributed by atoms with Crippen LogP contribution in [0.2, 0.25) is 0 Å². The summed E-state index contributed by atoms with van der Waals surface area (Å²) in [4.78, 5) is 0. The van der Waals surface area contributed by atoms with E-state index in [1.807, 2.05) is 18.2 Å². The summed E-state index contributed by atoms with van der Waals surface area (Å²) in [5, 5.41) is 3.90. The van der Waals surface area contributed by atoms with Crippen LogP contribution in [0.25, 0.3) is 11.1 Å². The van der Waals surface area contributed by atoms with E-state index in [9.17, 15) is 0 Å². The van der Waals surface area contributed by atoms with Crippen LogP contribution >= 0.6 is 0 Å². The van der Waals surface area contributed by atoms with E-state index in [1.54, 1.807) is 0 Å². The minimum Gasteiger partial charge on any atom is -0.486 e. The lowest BCUT2D eigenvalue weighted by molar-refractivity contribution is 0.171. The lowest BCUT2D eigenvalue weighted by Crippen LogP contribution is -2.15. The Labute approximate surface area is 117 Å². The van der Waals surface area contributed by atoms with Gasteiger partial charge in [0.25, 0.3) is 0 Å². The Morgan fingerprint density at radius 1 is 1.25 bits per heavy atom. The average molecular weight is 274 g/mol. The molecule has 20 heavy (non-hydrogen) atoms. The fourth-order valence-electron chi connectivity index (χ4n) is 2.33. The Kier molecular flexibility index (Phi) is 3.26. The molecule has 0 amide bonds. The molecule has 5 heteroatoms. The molecule has 1 aromatic carbocycles. The second kappa shape index (κ2) is 5.07.